The Labute approximate surface area is 181 Å². The lowest BCUT2D eigenvalue weighted by Crippen LogP contribution is -2.36. The number of hydrogen-bond acceptors (Lipinski definition) is 7. The molecule has 8 nitrogen and oxygen atoms in total. The molecule has 3 aromatic rings. The van der Waals surface area contributed by atoms with Gasteiger partial charge in [0.15, 0.2) is 0 Å². The van der Waals surface area contributed by atoms with Crippen molar-refractivity contribution in [1.29, 1.82) is 0 Å². The van der Waals surface area contributed by atoms with E-state index in [0.29, 0.717) is 11.6 Å². The van der Waals surface area contributed by atoms with Crippen molar-refractivity contribution < 1.29 is 14.3 Å². The summed E-state index contributed by atoms with van der Waals surface area (Å²) in [6.45, 7) is 3.37. The first-order valence-electron chi connectivity index (χ1n) is 10.1. The van der Waals surface area contributed by atoms with Gasteiger partial charge in [0.2, 0.25) is 11.9 Å². The van der Waals surface area contributed by atoms with Crippen LogP contribution < -0.4 is 15.5 Å². The van der Waals surface area contributed by atoms with Crippen LogP contribution in [0.1, 0.15) is 0 Å². The summed E-state index contributed by atoms with van der Waals surface area (Å²) >= 11 is 0. The van der Waals surface area contributed by atoms with Crippen LogP contribution in [0.2, 0.25) is 0 Å². The van der Waals surface area contributed by atoms with E-state index < -0.39 is 0 Å². The molecule has 1 saturated heterocycles. The standard InChI is InChI=1S/C23H25N5O3/c1-30-16-22(29)25-18-4-2-17(3-5-18)21-10-11-24-23(27-21)26-19-6-8-20(9-7-19)28-12-14-31-15-13-28/h2-11H,12-16H2,1H3,(H,25,29)(H,24,26,27). The van der Waals surface area contributed by atoms with Gasteiger partial charge in [-0.2, -0.15) is 0 Å². The molecule has 1 fully saturated rings. The van der Waals surface area contributed by atoms with Crippen LogP contribution in [0.15, 0.2) is 60.8 Å². The van der Waals surface area contributed by atoms with Crippen LogP contribution in [0, 0.1) is 0 Å². The fourth-order valence-electron chi connectivity index (χ4n) is 3.34. The van der Waals surface area contributed by atoms with E-state index in [4.69, 9.17) is 9.47 Å². The van der Waals surface area contributed by atoms with Crippen molar-refractivity contribution in [2.75, 3.05) is 55.6 Å². The predicted molar refractivity (Wildman–Crippen MR) is 121 cm³/mol. The lowest BCUT2D eigenvalue weighted by Gasteiger charge is -2.28. The maximum Gasteiger partial charge on any atom is 0.250 e. The average molecular weight is 419 g/mol. The fourth-order valence-corrected chi connectivity index (χ4v) is 3.34. The number of carbonyl (C=O) groups is 1. The van der Waals surface area contributed by atoms with Crippen molar-refractivity contribution in [3.05, 3.63) is 60.8 Å². The van der Waals surface area contributed by atoms with Crippen LogP contribution in [0.25, 0.3) is 11.3 Å². The summed E-state index contributed by atoms with van der Waals surface area (Å²) in [5.74, 6) is 0.331. The minimum atomic E-state index is -0.191. The number of nitrogens with one attached hydrogen (secondary N) is 2. The number of carbonyl (C=O) groups excluding carboxylic acids is 1. The van der Waals surface area contributed by atoms with Gasteiger partial charge < -0.3 is 25.0 Å². The highest BCUT2D eigenvalue weighted by Gasteiger charge is 2.11. The largest absolute Gasteiger partial charge is 0.378 e. The van der Waals surface area contributed by atoms with Crippen molar-refractivity contribution in [2.45, 2.75) is 0 Å². The molecular weight excluding hydrogens is 394 g/mol. The van der Waals surface area contributed by atoms with Gasteiger partial charge in [-0.1, -0.05) is 12.1 Å². The first-order valence-corrected chi connectivity index (χ1v) is 10.1. The Morgan fingerprint density at radius 3 is 2.45 bits per heavy atom. The number of ether oxygens (including phenoxy) is 2. The highest BCUT2D eigenvalue weighted by atomic mass is 16.5. The smallest absolute Gasteiger partial charge is 0.250 e. The molecule has 160 valence electrons. The molecular formula is C23H25N5O3. The normalized spacial score (nSPS) is 13.6. The second-order valence-electron chi connectivity index (χ2n) is 7.10. The third-order valence-electron chi connectivity index (χ3n) is 4.90. The molecule has 1 aliphatic heterocycles. The van der Waals surface area contributed by atoms with Gasteiger partial charge in [0.05, 0.1) is 18.9 Å². The van der Waals surface area contributed by atoms with Gasteiger partial charge in [0.1, 0.15) is 6.61 Å². The summed E-state index contributed by atoms with van der Waals surface area (Å²) in [5, 5.41) is 6.03. The van der Waals surface area contributed by atoms with Gasteiger partial charge in [-0.3, -0.25) is 4.79 Å². The predicted octanol–water partition coefficient (Wildman–Crippen LogP) is 3.31. The van der Waals surface area contributed by atoms with Crippen molar-refractivity contribution in [1.82, 2.24) is 9.97 Å². The summed E-state index contributed by atoms with van der Waals surface area (Å²) in [6, 6.07) is 17.6. The molecule has 0 saturated carbocycles. The van der Waals surface area contributed by atoms with E-state index in [1.165, 1.54) is 12.8 Å². The maximum atomic E-state index is 11.6. The van der Waals surface area contributed by atoms with Crippen LogP contribution in [-0.4, -0.2) is 55.9 Å². The number of rotatable bonds is 7. The zero-order chi connectivity index (χ0) is 21.5. The van der Waals surface area contributed by atoms with Gasteiger partial charge in [-0.25, -0.2) is 9.97 Å². The maximum absolute atomic E-state index is 11.6. The highest BCUT2D eigenvalue weighted by molar-refractivity contribution is 5.91. The van der Waals surface area contributed by atoms with E-state index in [1.54, 1.807) is 6.20 Å². The average Bonchev–Trinajstić information content (AvgIpc) is 2.81. The second kappa shape index (κ2) is 10.0. The van der Waals surface area contributed by atoms with Crippen molar-refractivity contribution in [3.8, 4) is 11.3 Å². The van der Waals surface area contributed by atoms with Crippen LogP contribution in [0.5, 0.6) is 0 Å². The van der Waals surface area contributed by atoms with E-state index in [-0.39, 0.29) is 12.5 Å². The van der Waals surface area contributed by atoms with Gasteiger partial charge in [-0.05, 0) is 42.5 Å². The zero-order valence-electron chi connectivity index (χ0n) is 17.4. The Morgan fingerprint density at radius 1 is 1.03 bits per heavy atom. The van der Waals surface area contributed by atoms with Gasteiger partial charge in [-0.15, -0.1) is 0 Å². The molecule has 1 aromatic heterocycles. The SMILES string of the molecule is COCC(=O)Nc1ccc(-c2ccnc(Nc3ccc(N4CCOCC4)cc3)n2)cc1. The molecule has 2 N–H and O–H groups in total. The first-order chi connectivity index (χ1) is 15.2. The Hall–Kier alpha value is -3.49. The molecule has 31 heavy (non-hydrogen) atoms. The summed E-state index contributed by atoms with van der Waals surface area (Å²) in [6.07, 6.45) is 1.72. The number of morpholine rings is 1. The molecule has 0 radical (unpaired) electrons. The highest BCUT2D eigenvalue weighted by Crippen LogP contribution is 2.23. The summed E-state index contributed by atoms with van der Waals surface area (Å²) in [4.78, 5) is 22.9. The van der Waals surface area contributed by atoms with E-state index >= 15 is 0 Å². The summed E-state index contributed by atoms with van der Waals surface area (Å²) in [5.41, 5.74) is 4.53. The molecule has 2 heterocycles. The number of nitrogens with zero attached hydrogens (tertiary/aromatic N) is 3. The molecule has 1 aliphatic rings. The van der Waals surface area contributed by atoms with Gasteiger partial charge >= 0.3 is 0 Å². The lowest BCUT2D eigenvalue weighted by atomic mass is 10.1. The number of benzene rings is 2. The van der Waals surface area contributed by atoms with Crippen LogP contribution >= 0.6 is 0 Å². The van der Waals surface area contributed by atoms with Crippen molar-refractivity contribution in [2.24, 2.45) is 0 Å². The van der Waals surface area contributed by atoms with Crippen molar-refractivity contribution in [3.63, 3.8) is 0 Å². The number of methoxy groups -OCH3 is 1. The Morgan fingerprint density at radius 2 is 1.74 bits per heavy atom. The van der Waals surface area contributed by atoms with E-state index in [9.17, 15) is 4.79 Å². The molecule has 1 amide bonds. The molecule has 8 heteroatoms. The molecule has 0 aliphatic carbocycles. The number of amides is 1. The minimum Gasteiger partial charge on any atom is -0.378 e. The Balaban J connectivity index is 1.41. The number of anilines is 4. The molecule has 0 unspecified atom stereocenters. The van der Waals surface area contributed by atoms with Crippen molar-refractivity contribution >= 4 is 28.9 Å². The van der Waals surface area contributed by atoms with E-state index in [0.717, 1.165) is 43.2 Å². The first kappa shape index (κ1) is 20.8. The third kappa shape index (κ3) is 5.56. The Bertz CT molecular complexity index is 1000. The quantitative estimate of drug-likeness (QED) is 0.607. The van der Waals surface area contributed by atoms with Gasteiger partial charge in [0.25, 0.3) is 0 Å². The van der Waals surface area contributed by atoms with Crippen LogP contribution in [0.4, 0.5) is 23.0 Å². The fraction of sp³-hybridized carbons (Fsp3) is 0.261. The van der Waals surface area contributed by atoms with E-state index in [1.807, 2.05) is 42.5 Å². The van der Waals surface area contributed by atoms with Crippen LogP contribution in [-0.2, 0) is 14.3 Å². The molecule has 0 bridgehead atoms. The molecule has 4 rings (SSSR count). The number of aromatic nitrogens is 2. The molecule has 0 atom stereocenters. The summed E-state index contributed by atoms with van der Waals surface area (Å²) < 4.78 is 10.2. The lowest BCUT2D eigenvalue weighted by molar-refractivity contribution is -0.119. The minimum absolute atomic E-state index is 0.0239. The summed E-state index contributed by atoms with van der Waals surface area (Å²) in [7, 11) is 1.49. The Kier molecular flexibility index (Phi) is 6.71. The molecule has 0 spiro atoms. The second-order valence-corrected chi connectivity index (χ2v) is 7.10. The van der Waals surface area contributed by atoms with Crippen LogP contribution in [0.3, 0.4) is 0 Å². The monoisotopic (exact) mass is 419 g/mol. The topological polar surface area (TPSA) is 88.6 Å². The van der Waals surface area contributed by atoms with E-state index in [2.05, 4.69) is 37.6 Å². The zero-order valence-corrected chi connectivity index (χ0v) is 17.4. The number of hydrogen-bond donors (Lipinski definition) is 2. The van der Waals surface area contributed by atoms with Gasteiger partial charge in [0, 0.05) is 49.0 Å². The third-order valence-corrected chi connectivity index (χ3v) is 4.90. The molecule has 2 aromatic carbocycles.